The van der Waals surface area contributed by atoms with Crippen LogP contribution in [0.3, 0.4) is 0 Å². The van der Waals surface area contributed by atoms with Crippen LogP contribution in [0.1, 0.15) is 26.2 Å². The van der Waals surface area contributed by atoms with Crippen molar-refractivity contribution >= 4 is 28.1 Å². The molecule has 0 aliphatic carbocycles. The van der Waals surface area contributed by atoms with Gasteiger partial charge in [0.05, 0.1) is 0 Å². The molecular formula is C12H20ClN3S. The fourth-order valence-electron chi connectivity index (χ4n) is 2.24. The Morgan fingerprint density at radius 3 is 2.88 bits per heavy atom. The van der Waals surface area contributed by atoms with Gasteiger partial charge in [-0.2, -0.15) is 0 Å². The lowest BCUT2D eigenvalue weighted by Gasteiger charge is -2.29. The van der Waals surface area contributed by atoms with Gasteiger partial charge in [0.2, 0.25) is 0 Å². The van der Waals surface area contributed by atoms with Crippen LogP contribution in [0.2, 0.25) is 5.15 Å². The Morgan fingerprint density at radius 1 is 1.47 bits per heavy atom. The molecule has 1 unspecified atom stereocenters. The fourth-order valence-corrected chi connectivity index (χ4v) is 3.09. The molecule has 1 aliphatic heterocycles. The first-order valence-electron chi connectivity index (χ1n) is 6.31. The molecule has 96 valence electrons. The molecule has 1 aliphatic rings. The van der Waals surface area contributed by atoms with Crippen LogP contribution in [-0.4, -0.2) is 36.1 Å². The monoisotopic (exact) mass is 273 g/mol. The highest BCUT2D eigenvalue weighted by molar-refractivity contribution is 7.14. The molecule has 1 N–H and O–H groups in total. The summed E-state index contributed by atoms with van der Waals surface area (Å²) in [5, 5.41) is 6.73. The van der Waals surface area contributed by atoms with Crippen LogP contribution in [0, 0.1) is 5.92 Å². The zero-order valence-corrected chi connectivity index (χ0v) is 11.9. The minimum Gasteiger partial charge on any atom is -0.361 e. The summed E-state index contributed by atoms with van der Waals surface area (Å²) in [6, 6.07) is 0. The van der Waals surface area contributed by atoms with E-state index in [1.54, 1.807) is 11.3 Å². The smallest absolute Gasteiger partial charge is 0.184 e. The van der Waals surface area contributed by atoms with Crippen molar-refractivity contribution in [3.05, 3.63) is 10.5 Å². The normalized spacial score (nSPS) is 19.2. The molecule has 0 bridgehead atoms. The van der Waals surface area contributed by atoms with Crippen LogP contribution in [0.15, 0.2) is 5.38 Å². The first kappa shape index (κ1) is 13.1. The van der Waals surface area contributed by atoms with E-state index in [-0.39, 0.29) is 0 Å². The Hall–Kier alpha value is -0.320. The van der Waals surface area contributed by atoms with Gasteiger partial charge in [-0.1, -0.05) is 24.9 Å². The van der Waals surface area contributed by atoms with Crippen LogP contribution in [0.25, 0.3) is 0 Å². The minimum atomic E-state index is 0.584. The molecule has 1 atom stereocenters. The van der Waals surface area contributed by atoms with Crippen LogP contribution in [0.4, 0.5) is 5.13 Å². The second-order valence-electron chi connectivity index (χ2n) is 4.82. The Kier molecular flexibility index (Phi) is 5.07. The SMILES string of the molecule is CC(CNc1nc(Cl)cs1)CN1CCCCC1. The molecule has 17 heavy (non-hydrogen) atoms. The fraction of sp³-hybridized carbons (Fsp3) is 0.750. The number of nitrogens with zero attached hydrogens (tertiary/aromatic N) is 2. The number of likely N-dealkylation sites (tertiary alicyclic amines) is 1. The van der Waals surface area contributed by atoms with Gasteiger partial charge in [-0.3, -0.25) is 0 Å². The lowest BCUT2D eigenvalue weighted by atomic mass is 10.1. The zero-order chi connectivity index (χ0) is 12.1. The number of piperidine rings is 1. The molecule has 2 rings (SSSR count). The van der Waals surface area contributed by atoms with E-state index in [2.05, 4.69) is 22.1 Å². The van der Waals surface area contributed by atoms with E-state index in [4.69, 9.17) is 11.6 Å². The van der Waals surface area contributed by atoms with E-state index in [0.29, 0.717) is 11.1 Å². The maximum absolute atomic E-state index is 5.78. The predicted molar refractivity (Wildman–Crippen MR) is 75.1 cm³/mol. The third kappa shape index (κ3) is 4.45. The number of aromatic nitrogens is 1. The molecule has 3 nitrogen and oxygen atoms in total. The zero-order valence-electron chi connectivity index (χ0n) is 10.3. The van der Waals surface area contributed by atoms with Gasteiger partial charge < -0.3 is 10.2 Å². The molecular weight excluding hydrogens is 254 g/mol. The Bertz CT molecular complexity index is 336. The largest absolute Gasteiger partial charge is 0.361 e. The van der Waals surface area contributed by atoms with Gasteiger partial charge in [-0.05, 0) is 31.8 Å². The van der Waals surface area contributed by atoms with Gasteiger partial charge in [-0.25, -0.2) is 4.98 Å². The summed E-state index contributed by atoms with van der Waals surface area (Å²) in [6.45, 7) is 6.99. The number of anilines is 1. The van der Waals surface area contributed by atoms with E-state index in [1.807, 2.05) is 5.38 Å². The van der Waals surface area contributed by atoms with Crippen LogP contribution >= 0.6 is 22.9 Å². The van der Waals surface area contributed by atoms with Crippen molar-refractivity contribution in [3.8, 4) is 0 Å². The highest BCUT2D eigenvalue weighted by Crippen LogP contribution is 2.19. The molecule has 0 spiro atoms. The van der Waals surface area contributed by atoms with Crippen LogP contribution < -0.4 is 5.32 Å². The topological polar surface area (TPSA) is 28.2 Å². The summed E-state index contributed by atoms with van der Waals surface area (Å²) in [4.78, 5) is 6.76. The summed E-state index contributed by atoms with van der Waals surface area (Å²) >= 11 is 7.35. The van der Waals surface area contributed by atoms with Crippen molar-refractivity contribution in [2.24, 2.45) is 5.92 Å². The molecule has 0 amide bonds. The first-order valence-corrected chi connectivity index (χ1v) is 7.57. The second kappa shape index (κ2) is 6.57. The minimum absolute atomic E-state index is 0.584. The van der Waals surface area contributed by atoms with E-state index >= 15 is 0 Å². The molecule has 0 saturated carbocycles. The van der Waals surface area contributed by atoms with E-state index in [9.17, 15) is 0 Å². The quantitative estimate of drug-likeness (QED) is 0.892. The van der Waals surface area contributed by atoms with Crippen LogP contribution in [0.5, 0.6) is 0 Å². The number of nitrogens with one attached hydrogen (secondary N) is 1. The van der Waals surface area contributed by atoms with E-state index in [1.165, 1.54) is 38.9 Å². The summed E-state index contributed by atoms with van der Waals surface area (Å²) < 4.78 is 0. The molecule has 2 heterocycles. The van der Waals surface area contributed by atoms with Gasteiger partial charge in [0.25, 0.3) is 0 Å². The van der Waals surface area contributed by atoms with Gasteiger partial charge in [0.15, 0.2) is 5.13 Å². The maximum Gasteiger partial charge on any atom is 0.184 e. The van der Waals surface area contributed by atoms with Gasteiger partial charge >= 0.3 is 0 Å². The maximum atomic E-state index is 5.78. The van der Waals surface area contributed by atoms with E-state index in [0.717, 1.165) is 11.7 Å². The van der Waals surface area contributed by atoms with Crippen molar-refractivity contribution in [2.45, 2.75) is 26.2 Å². The number of hydrogen-bond acceptors (Lipinski definition) is 4. The lowest BCUT2D eigenvalue weighted by molar-refractivity contribution is 0.204. The highest BCUT2D eigenvalue weighted by Gasteiger charge is 2.13. The average Bonchev–Trinajstić information content (AvgIpc) is 2.74. The summed E-state index contributed by atoms with van der Waals surface area (Å²) in [6.07, 6.45) is 4.13. The number of thiazole rings is 1. The summed E-state index contributed by atoms with van der Waals surface area (Å²) in [5.74, 6) is 0.649. The molecule has 5 heteroatoms. The summed E-state index contributed by atoms with van der Waals surface area (Å²) in [7, 11) is 0. The average molecular weight is 274 g/mol. The van der Waals surface area contributed by atoms with Crippen molar-refractivity contribution in [3.63, 3.8) is 0 Å². The number of rotatable bonds is 5. The molecule has 1 fully saturated rings. The molecule has 1 aromatic rings. The third-order valence-corrected chi connectivity index (χ3v) is 4.22. The Labute approximate surface area is 112 Å². The number of hydrogen-bond donors (Lipinski definition) is 1. The third-order valence-electron chi connectivity index (χ3n) is 3.10. The summed E-state index contributed by atoms with van der Waals surface area (Å²) in [5.41, 5.74) is 0. The first-order chi connectivity index (χ1) is 8.24. The van der Waals surface area contributed by atoms with Crippen LogP contribution in [-0.2, 0) is 0 Å². The van der Waals surface area contributed by atoms with Crippen molar-refractivity contribution in [1.82, 2.24) is 9.88 Å². The van der Waals surface area contributed by atoms with E-state index < -0.39 is 0 Å². The Morgan fingerprint density at radius 2 is 2.24 bits per heavy atom. The predicted octanol–water partition coefficient (Wildman–Crippen LogP) is 3.33. The van der Waals surface area contributed by atoms with Gasteiger partial charge in [0, 0.05) is 18.5 Å². The van der Waals surface area contributed by atoms with Crippen molar-refractivity contribution < 1.29 is 0 Å². The Balaban J connectivity index is 1.68. The highest BCUT2D eigenvalue weighted by atomic mass is 35.5. The molecule has 1 aromatic heterocycles. The second-order valence-corrected chi connectivity index (χ2v) is 6.07. The van der Waals surface area contributed by atoms with Crippen molar-refractivity contribution in [2.75, 3.05) is 31.5 Å². The van der Waals surface area contributed by atoms with Gasteiger partial charge in [0.1, 0.15) is 5.15 Å². The molecule has 1 saturated heterocycles. The van der Waals surface area contributed by atoms with Gasteiger partial charge in [-0.15, -0.1) is 11.3 Å². The molecule has 0 radical (unpaired) electrons. The standard InChI is InChI=1S/C12H20ClN3S/c1-10(8-16-5-3-2-4-6-16)7-14-12-15-11(13)9-17-12/h9-10H,2-8H2,1H3,(H,14,15). The number of halogens is 1. The van der Waals surface area contributed by atoms with Crippen molar-refractivity contribution in [1.29, 1.82) is 0 Å². The molecule has 0 aromatic carbocycles. The lowest BCUT2D eigenvalue weighted by Crippen LogP contribution is -2.35.